The van der Waals surface area contributed by atoms with Gasteiger partial charge in [-0.05, 0) is 39.0 Å². The van der Waals surface area contributed by atoms with Gasteiger partial charge in [0, 0.05) is 18.4 Å². The summed E-state index contributed by atoms with van der Waals surface area (Å²) in [4.78, 5) is 13.8. The van der Waals surface area contributed by atoms with Crippen LogP contribution in [0.5, 0.6) is 5.75 Å². The molecule has 2 aliphatic rings. The van der Waals surface area contributed by atoms with Gasteiger partial charge in [-0.15, -0.1) is 0 Å². The van der Waals surface area contributed by atoms with E-state index in [9.17, 15) is 13.6 Å². The molecular formula is C19H25F2NO4. The second kappa shape index (κ2) is 7.39. The average Bonchev–Trinajstić information content (AvgIpc) is 3.17. The number of halogens is 2. The maximum absolute atomic E-state index is 14.1. The Hall–Kier alpha value is -1.89. The van der Waals surface area contributed by atoms with Gasteiger partial charge in [-0.1, -0.05) is 0 Å². The molecule has 0 N–H and O–H groups in total. The third-order valence-corrected chi connectivity index (χ3v) is 4.39. The molecular weight excluding hydrogens is 344 g/mol. The first-order valence-corrected chi connectivity index (χ1v) is 8.90. The fourth-order valence-electron chi connectivity index (χ4n) is 3.27. The first-order chi connectivity index (χ1) is 12.2. The lowest BCUT2D eigenvalue weighted by atomic mass is 10.0. The van der Waals surface area contributed by atoms with Crippen molar-refractivity contribution in [3.63, 3.8) is 0 Å². The second-order valence-electron chi connectivity index (χ2n) is 7.77. The van der Waals surface area contributed by atoms with Gasteiger partial charge in [0.05, 0.1) is 25.8 Å². The molecule has 1 amide bonds. The Morgan fingerprint density at radius 1 is 1.35 bits per heavy atom. The highest BCUT2D eigenvalue weighted by Gasteiger charge is 2.40. The number of hydrogen-bond donors (Lipinski definition) is 0. The van der Waals surface area contributed by atoms with Gasteiger partial charge in [0.2, 0.25) is 0 Å². The van der Waals surface area contributed by atoms with Crippen LogP contribution in [0.15, 0.2) is 18.2 Å². The highest BCUT2D eigenvalue weighted by molar-refractivity contribution is 5.69. The van der Waals surface area contributed by atoms with Gasteiger partial charge >= 0.3 is 6.09 Å². The maximum atomic E-state index is 14.1. The van der Waals surface area contributed by atoms with E-state index < -0.39 is 29.7 Å². The fraction of sp³-hybridized carbons (Fsp3) is 0.632. The zero-order valence-corrected chi connectivity index (χ0v) is 15.3. The molecule has 2 saturated heterocycles. The van der Waals surface area contributed by atoms with Gasteiger partial charge in [-0.25, -0.2) is 13.6 Å². The minimum absolute atomic E-state index is 0.0813. The molecule has 2 fully saturated rings. The lowest BCUT2D eigenvalue weighted by molar-refractivity contribution is 0.0213. The normalized spacial score (nSPS) is 26.2. The van der Waals surface area contributed by atoms with Crippen molar-refractivity contribution >= 4 is 6.09 Å². The van der Waals surface area contributed by atoms with Gasteiger partial charge in [0.15, 0.2) is 0 Å². The molecule has 26 heavy (non-hydrogen) atoms. The lowest BCUT2D eigenvalue weighted by Crippen LogP contribution is -2.37. The fourth-order valence-corrected chi connectivity index (χ4v) is 3.27. The van der Waals surface area contributed by atoms with E-state index in [2.05, 4.69) is 0 Å². The third kappa shape index (κ3) is 4.44. The molecule has 0 radical (unpaired) electrons. The summed E-state index contributed by atoms with van der Waals surface area (Å²) in [6, 6.07) is 3.51. The molecule has 0 aliphatic carbocycles. The summed E-state index contributed by atoms with van der Waals surface area (Å²) in [6.07, 6.45) is -1.11. The predicted octanol–water partition coefficient (Wildman–Crippen LogP) is 4.01. The molecule has 0 spiro atoms. The van der Waals surface area contributed by atoms with E-state index in [4.69, 9.17) is 14.2 Å². The van der Waals surface area contributed by atoms with Gasteiger partial charge in [-0.3, -0.25) is 4.90 Å². The quantitative estimate of drug-likeness (QED) is 0.808. The Bertz CT molecular complexity index is 655. The summed E-state index contributed by atoms with van der Waals surface area (Å²) < 4.78 is 44.7. The summed E-state index contributed by atoms with van der Waals surface area (Å²) in [5, 5.41) is 0. The van der Waals surface area contributed by atoms with E-state index in [0.29, 0.717) is 24.5 Å². The minimum Gasteiger partial charge on any atom is -0.488 e. The number of alkyl halides is 1. The molecule has 0 bridgehead atoms. The number of rotatable bonds is 3. The Labute approximate surface area is 152 Å². The van der Waals surface area contributed by atoms with Crippen molar-refractivity contribution < 1.29 is 27.8 Å². The molecule has 5 nitrogen and oxygen atoms in total. The van der Waals surface area contributed by atoms with Gasteiger partial charge < -0.3 is 14.2 Å². The summed E-state index contributed by atoms with van der Waals surface area (Å²) in [5.74, 6) is -0.00368. The van der Waals surface area contributed by atoms with Crippen LogP contribution >= 0.6 is 0 Å². The van der Waals surface area contributed by atoms with Crippen molar-refractivity contribution in [3.8, 4) is 5.75 Å². The maximum Gasteiger partial charge on any atom is 0.410 e. The van der Waals surface area contributed by atoms with Crippen molar-refractivity contribution in [2.45, 2.75) is 57.5 Å². The highest BCUT2D eigenvalue weighted by atomic mass is 19.1. The largest absolute Gasteiger partial charge is 0.488 e. The lowest BCUT2D eigenvalue weighted by Gasteiger charge is -2.29. The van der Waals surface area contributed by atoms with E-state index in [0.717, 1.165) is 6.42 Å². The molecule has 0 aromatic heterocycles. The van der Waals surface area contributed by atoms with Gasteiger partial charge in [0.25, 0.3) is 0 Å². The number of hydrogen-bond acceptors (Lipinski definition) is 4. The minimum atomic E-state index is -1.20. The van der Waals surface area contributed by atoms with Gasteiger partial charge in [-0.2, -0.15) is 0 Å². The summed E-state index contributed by atoms with van der Waals surface area (Å²) >= 11 is 0. The van der Waals surface area contributed by atoms with E-state index in [-0.39, 0.29) is 19.1 Å². The number of carbonyl (C=O) groups is 1. The van der Waals surface area contributed by atoms with Crippen molar-refractivity contribution in [3.05, 3.63) is 29.6 Å². The van der Waals surface area contributed by atoms with Crippen molar-refractivity contribution in [1.29, 1.82) is 0 Å². The number of nitrogens with zero attached hydrogens (tertiary/aromatic N) is 1. The molecule has 1 aromatic carbocycles. The number of carbonyl (C=O) groups excluding carboxylic acids is 1. The summed E-state index contributed by atoms with van der Waals surface area (Å²) in [6.45, 7) is 6.24. The van der Waals surface area contributed by atoms with Crippen molar-refractivity contribution in [1.82, 2.24) is 4.90 Å². The van der Waals surface area contributed by atoms with Crippen molar-refractivity contribution in [2.75, 3.05) is 19.8 Å². The molecule has 1 unspecified atom stereocenters. The molecule has 3 rings (SSSR count). The van der Waals surface area contributed by atoms with E-state index in [1.54, 1.807) is 20.8 Å². The molecule has 0 saturated carbocycles. The summed E-state index contributed by atoms with van der Waals surface area (Å²) in [7, 11) is 0. The van der Waals surface area contributed by atoms with Crippen LogP contribution in [0.2, 0.25) is 0 Å². The van der Waals surface area contributed by atoms with Crippen LogP contribution in [-0.4, -0.2) is 48.6 Å². The Balaban J connectivity index is 1.87. The van der Waals surface area contributed by atoms with Crippen molar-refractivity contribution in [2.24, 2.45) is 0 Å². The Kier molecular flexibility index (Phi) is 5.37. The molecule has 1 aromatic rings. The number of likely N-dealkylation sites (tertiary alicyclic amines) is 1. The second-order valence-corrected chi connectivity index (χ2v) is 7.77. The van der Waals surface area contributed by atoms with Crippen LogP contribution in [-0.2, 0) is 9.47 Å². The van der Waals surface area contributed by atoms with Gasteiger partial charge in [0.1, 0.15) is 29.4 Å². The van der Waals surface area contributed by atoms with Crippen LogP contribution in [0.3, 0.4) is 0 Å². The average molecular weight is 369 g/mol. The topological polar surface area (TPSA) is 48.0 Å². The van der Waals surface area contributed by atoms with Crippen LogP contribution < -0.4 is 4.74 Å². The van der Waals surface area contributed by atoms with Crippen LogP contribution in [0.4, 0.5) is 13.6 Å². The highest BCUT2D eigenvalue weighted by Crippen LogP contribution is 2.40. The van der Waals surface area contributed by atoms with Crippen LogP contribution in [0, 0.1) is 5.82 Å². The first-order valence-electron chi connectivity index (χ1n) is 8.90. The molecule has 2 heterocycles. The number of ether oxygens (including phenoxy) is 3. The SMILES string of the molecule is CC(C)(C)OC(=O)N1C[C@@H](F)C[C@@H]1c1cc(F)ccc1OC1CCOC1. The van der Waals surface area contributed by atoms with E-state index >= 15 is 0 Å². The van der Waals surface area contributed by atoms with Crippen LogP contribution in [0.25, 0.3) is 0 Å². The number of amides is 1. The Morgan fingerprint density at radius 2 is 2.12 bits per heavy atom. The summed E-state index contributed by atoms with van der Waals surface area (Å²) in [5.41, 5.74) is -0.235. The zero-order valence-electron chi connectivity index (χ0n) is 15.3. The third-order valence-electron chi connectivity index (χ3n) is 4.39. The van der Waals surface area contributed by atoms with E-state index in [1.807, 2.05) is 0 Å². The molecule has 144 valence electrons. The molecule has 7 heteroatoms. The predicted molar refractivity (Wildman–Crippen MR) is 91.4 cm³/mol. The monoisotopic (exact) mass is 369 g/mol. The molecule has 3 atom stereocenters. The molecule has 2 aliphatic heterocycles. The standard InChI is InChI=1S/C19H25F2NO4/c1-19(2,3)26-18(23)22-10-13(21)9-16(22)15-8-12(20)4-5-17(15)25-14-6-7-24-11-14/h4-5,8,13-14,16H,6-7,9-11H2,1-3H3/t13-,14?,16+/m0/s1. The van der Waals surface area contributed by atoms with Crippen LogP contribution in [0.1, 0.15) is 45.2 Å². The van der Waals surface area contributed by atoms with E-state index in [1.165, 1.54) is 23.1 Å². The first kappa shape index (κ1) is 18.9. The Morgan fingerprint density at radius 3 is 2.77 bits per heavy atom. The zero-order chi connectivity index (χ0) is 18.9. The smallest absolute Gasteiger partial charge is 0.410 e. The number of benzene rings is 1.